The highest BCUT2D eigenvalue weighted by Gasteiger charge is 2.51. The molecular formula is C23H24ClN3O4. The molecule has 0 aliphatic carbocycles. The van der Waals surface area contributed by atoms with Gasteiger partial charge in [0.1, 0.15) is 5.54 Å². The molecule has 1 saturated heterocycles. The zero-order valence-electron chi connectivity index (χ0n) is 17.6. The van der Waals surface area contributed by atoms with E-state index < -0.39 is 17.5 Å². The summed E-state index contributed by atoms with van der Waals surface area (Å²) in [5, 5.41) is 6.05. The average molecular weight is 442 g/mol. The molecule has 3 rings (SSSR count). The summed E-state index contributed by atoms with van der Waals surface area (Å²) in [6.45, 7) is 4.72. The Labute approximate surface area is 185 Å². The van der Waals surface area contributed by atoms with Gasteiger partial charge in [-0.1, -0.05) is 54.9 Å². The smallest absolute Gasteiger partial charge is 0.325 e. The van der Waals surface area contributed by atoms with Crippen LogP contribution < -0.4 is 10.6 Å². The van der Waals surface area contributed by atoms with Crippen LogP contribution >= 0.6 is 11.6 Å². The summed E-state index contributed by atoms with van der Waals surface area (Å²) in [6, 6.07) is 12.6. The van der Waals surface area contributed by atoms with E-state index in [1.807, 2.05) is 6.92 Å². The lowest BCUT2D eigenvalue weighted by molar-refractivity contribution is -0.131. The lowest BCUT2D eigenvalue weighted by atomic mass is 9.87. The standard InChI is InChI=1S/C23H24ClN3O4/c1-4-23(18-9-11-19(24)12-10-18)21(30)27(22(31)26-23)13-20(29)17-7-5-16(6-8-17)14(2)25-15(3)28/h5-12,14H,4,13H2,1-3H3,(H,25,28)(H,26,31). The molecule has 162 valence electrons. The molecule has 2 atom stereocenters. The third kappa shape index (κ3) is 4.46. The Bertz CT molecular complexity index is 1020. The van der Waals surface area contributed by atoms with Crippen molar-refractivity contribution in [3.63, 3.8) is 0 Å². The molecular weight excluding hydrogens is 418 g/mol. The van der Waals surface area contributed by atoms with E-state index in [-0.39, 0.29) is 24.3 Å². The number of rotatable bonds is 7. The third-order valence-corrected chi connectivity index (χ3v) is 5.75. The summed E-state index contributed by atoms with van der Waals surface area (Å²) in [6.07, 6.45) is 0.333. The van der Waals surface area contributed by atoms with Gasteiger partial charge in [0.2, 0.25) is 5.91 Å². The van der Waals surface area contributed by atoms with Gasteiger partial charge >= 0.3 is 6.03 Å². The number of hydrogen-bond donors (Lipinski definition) is 2. The molecule has 0 saturated carbocycles. The number of Topliss-reactive ketones (excluding diaryl/α,β-unsaturated/α-hetero) is 1. The zero-order valence-corrected chi connectivity index (χ0v) is 18.3. The van der Waals surface area contributed by atoms with Crippen molar-refractivity contribution < 1.29 is 19.2 Å². The molecule has 0 aromatic heterocycles. The van der Waals surface area contributed by atoms with E-state index in [9.17, 15) is 19.2 Å². The number of carbonyl (C=O) groups is 4. The highest BCUT2D eigenvalue weighted by molar-refractivity contribution is 6.30. The van der Waals surface area contributed by atoms with Gasteiger partial charge in [-0.25, -0.2) is 4.79 Å². The summed E-state index contributed by atoms with van der Waals surface area (Å²) >= 11 is 5.94. The highest BCUT2D eigenvalue weighted by atomic mass is 35.5. The molecule has 2 aromatic carbocycles. The predicted octanol–water partition coefficient (Wildman–Crippen LogP) is 3.58. The van der Waals surface area contributed by atoms with Crippen LogP contribution in [0.4, 0.5) is 4.79 Å². The molecule has 2 unspecified atom stereocenters. The normalized spacial score (nSPS) is 19.2. The number of urea groups is 1. The highest BCUT2D eigenvalue weighted by Crippen LogP contribution is 2.33. The maximum Gasteiger partial charge on any atom is 0.325 e. The largest absolute Gasteiger partial charge is 0.350 e. The fourth-order valence-corrected chi connectivity index (χ4v) is 3.85. The van der Waals surface area contributed by atoms with Crippen LogP contribution in [0.25, 0.3) is 0 Å². The number of nitrogens with one attached hydrogen (secondary N) is 2. The number of nitrogens with zero attached hydrogens (tertiary/aromatic N) is 1. The van der Waals surface area contributed by atoms with E-state index in [4.69, 9.17) is 11.6 Å². The van der Waals surface area contributed by atoms with Crippen molar-refractivity contribution >= 4 is 35.2 Å². The Kier molecular flexibility index (Phi) is 6.45. The topological polar surface area (TPSA) is 95.6 Å². The van der Waals surface area contributed by atoms with E-state index in [1.54, 1.807) is 55.5 Å². The van der Waals surface area contributed by atoms with E-state index in [1.165, 1.54) is 6.92 Å². The summed E-state index contributed by atoms with van der Waals surface area (Å²) in [4.78, 5) is 50.7. The van der Waals surface area contributed by atoms with Crippen LogP contribution in [-0.4, -0.2) is 35.1 Å². The van der Waals surface area contributed by atoms with Crippen LogP contribution in [0.3, 0.4) is 0 Å². The van der Waals surface area contributed by atoms with Crippen molar-refractivity contribution in [1.29, 1.82) is 0 Å². The lowest BCUT2D eigenvalue weighted by Gasteiger charge is -2.25. The fourth-order valence-electron chi connectivity index (χ4n) is 3.72. The van der Waals surface area contributed by atoms with Crippen molar-refractivity contribution in [1.82, 2.24) is 15.5 Å². The number of halogens is 1. The van der Waals surface area contributed by atoms with Crippen LogP contribution in [0.5, 0.6) is 0 Å². The molecule has 8 heteroatoms. The Morgan fingerprint density at radius 2 is 1.71 bits per heavy atom. The SMILES string of the molecule is CCC1(c2ccc(Cl)cc2)NC(=O)N(CC(=O)c2ccc(C(C)NC(C)=O)cc2)C1=O. The molecule has 4 amide bonds. The molecule has 2 N–H and O–H groups in total. The van der Waals surface area contributed by atoms with E-state index in [0.29, 0.717) is 22.6 Å². The van der Waals surface area contributed by atoms with Crippen molar-refractivity contribution in [3.05, 3.63) is 70.2 Å². The lowest BCUT2D eigenvalue weighted by Crippen LogP contribution is -2.43. The van der Waals surface area contributed by atoms with E-state index >= 15 is 0 Å². The Morgan fingerprint density at radius 1 is 1.10 bits per heavy atom. The van der Waals surface area contributed by atoms with E-state index in [0.717, 1.165) is 10.5 Å². The van der Waals surface area contributed by atoms with Crippen molar-refractivity contribution in [2.45, 2.75) is 38.8 Å². The predicted molar refractivity (Wildman–Crippen MR) is 117 cm³/mol. The Hall–Kier alpha value is -3.19. The molecule has 1 fully saturated rings. The number of amides is 4. The minimum Gasteiger partial charge on any atom is -0.350 e. The molecule has 0 spiro atoms. The minimum atomic E-state index is -1.22. The number of hydrogen-bond acceptors (Lipinski definition) is 4. The van der Waals surface area contributed by atoms with Gasteiger partial charge in [0.15, 0.2) is 5.78 Å². The molecule has 1 heterocycles. The first kappa shape index (κ1) is 22.5. The van der Waals surface area contributed by atoms with Crippen molar-refractivity contribution in [2.24, 2.45) is 0 Å². The average Bonchev–Trinajstić information content (AvgIpc) is 2.99. The number of benzene rings is 2. The van der Waals surface area contributed by atoms with Crippen molar-refractivity contribution in [3.8, 4) is 0 Å². The number of carbonyl (C=O) groups excluding carboxylic acids is 4. The van der Waals surface area contributed by atoms with Crippen LogP contribution in [0.1, 0.15) is 54.7 Å². The summed E-state index contributed by atoms with van der Waals surface area (Å²) in [7, 11) is 0. The second-order valence-corrected chi connectivity index (χ2v) is 7.99. The second kappa shape index (κ2) is 8.89. The van der Waals surface area contributed by atoms with Crippen molar-refractivity contribution in [2.75, 3.05) is 6.54 Å². The zero-order chi connectivity index (χ0) is 22.8. The maximum absolute atomic E-state index is 13.2. The molecule has 31 heavy (non-hydrogen) atoms. The Balaban J connectivity index is 1.77. The van der Waals surface area contributed by atoms with Gasteiger partial charge in [-0.15, -0.1) is 0 Å². The van der Waals surface area contributed by atoms with Crippen LogP contribution in [0.2, 0.25) is 5.02 Å². The summed E-state index contributed by atoms with van der Waals surface area (Å²) in [5.74, 6) is -0.969. The van der Waals surface area contributed by atoms with Gasteiger partial charge < -0.3 is 10.6 Å². The van der Waals surface area contributed by atoms with E-state index in [2.05, 4.69) is 10.6 Å². The monoisotopic (exact) mass is 441 g/mol. The van der Waals surface area contributed by atoms with Gasteiger partial charge in [-0.2, -0.15) is 0 Å². The number of ketones is 1. The first-order valence-electron chi connectivity index (χ1n) is 9.98. The molecule has 0 bridgehead atoms. The first-order valence-corrected chi connectivity index (χ1v) is 10.4. The Morgan fingerprint density at radius 3 is 2.26 bits per heavy atom. The minimum absolute atomic E-state index is 0.147. The molecule has 7 nitrogen and oxygen atoms in total. The van der Waals surface area contributed by atoms with Gasteiger partial charge in [0.05, 0.1) is 12.6 Å². The van der Waals surface area contributed by atoms with Crippen LogP contribution in [-0.2, 0) is 15.1 Å². The molecule has 0 radical (unpaired) electrons. The van der Waals surface area contributed by atoms with Gasteiger partial charge in [0.25, 0.3) is 5.91 Å². The first-order chi connectivity index (χ1) is 14.7. The third-order valence-electron chi connectivity index (χ3n) is 5.50. The maximum atomic E-state index is 13.2. The number of imide groups is 1. The molecule has 2 aromatic rings. The summed E-state index contributed by atoms with van der Waals surface area (Å²) < 4.78 is 0. The van der Waals surface area contributed by atoms with Crippen LogP contribution in [0.15, 0.2) is 48.5 Å². The second-order valence-electron chi connectivity index (χ2n) is 7.55. The van der Waals surface area contributed by atoms with Gasteiger partial charge in [-0.3, -0.25) is 19.3 Å². The molecule has 1 aliphatic heterocycles. The van der Waals surface area contributed by atoms with Gasteiger partial charge in [0, 0.05) is 17.5 Å². The molecule has 1 aliphatic rings. The van der Waals surface area contributed by atoms with Crippen LogP contribution in [0, 0.1) is 0 Å². The summed E-state index contributed by atoms with van der Waals surface area (Å²) in [5.41, 5.74) is 0.609. The fraction of sp³-hybridized carbons (Fsp3) is 0.304. The van der Waals surface area contributed by atoms with Gasteiger partial charge in [-0.05, 0) is 36.6 Å². The quantitative estimate of drug-likeness (QED) is 0.507.